The monoisotopic (exact) mass is 303 g/mol. The van der Waals surface area contributed by atoms with E-state index in [9.17, 15) is 4.79 Å². The number of anilines is 1. The number of imidazole rings is 1. The van der Waals surface area contributed by atoms with Crippen LogP contribution in [0, 0.1) is 0 Å². The van der Waals surface area contributed by atoms with Crippen LogP contribution in [0.3, 0.4) is 0 Å². The van der Waals surface area contributed by atoms with Crippen LogP contribution in [0.1, 0.15) is 5.56 Å². The molecule has 0 spiro atoms. The fourth-order valence-corrected chi connectivity index (χ4v) is 2.43. The van der Waals surface area contributed by atoms with E-state index in [-0.39, 0.29) is 5.56 Å². The predicted molar refractivity (Wildman–Crippen MR) is 91.9 cm³/mol. The lowest BCUT2D eigenvalue weighted by Gasteiger charge is -1.99. The SMILES string of the molecule is O=c1[nH]c2ccccc2cc1/C=N/Nc1nc2ccccc2[nH]1. The summed E-state index contributed by atoms with van der Waals surface area (Å²) in [5, 5.41) is 5.04. The van der Waals surface area contributed by atoms with Crippen LogP contribution in [0.2, 0.25) is 0 Å². The lowest BCUT2D eigenvalue weighted by Crippen LogP contribution is -2.12. The molecule has 0 fully saturated rings. The summed E-state index contributed by atoms with van der Waals surface area (Å²) >= 11 is 0. The number of rotatable bonds is 3. The Balaban J connectivity index is 1.61. The van der Waals surface area contributed by atoms with Crippen LogP contribution in [0.15, 0.2) is 64.5 Å². The number of hydrogen-bond donors (Lipinski definition) is 3. The molecule has 0 saturated heterocycles. The van der Waals surface area contributed by atoms with Crippen molar-refractivity contribution >= 4 is 34.1 Å². The number of nitrogens with zero attached hydrogens (tertiary/aromatic N) is 2. The first-order chi connectivity index (χ1) is 11.3. The number of aromatic nitrogens is 3. The molecule has 0 atom stereocenters. The number of H-pyrrole nitrogens is 2. The van der Waals surface area contributed by atoms with Crippen LogP contribution in [-0.4, -0.2) is 21.2 Å². The Kier molecular flexibility index (Phi) is 3.12. The molecule has 0 saturated carbocycles. The second-order valence-corrected chi connectivity index (χ2v) is 5.11. The summed E-state index contributed by atoms with van der Waals surface area (Å²) in [5.41, 5.74) is 5.69. The van der Waals surface area contributed by atoms with Crippen LogP contribution >= 0.6 is 0 Å². The average molecular weight is 303 g/mol. The van der Waals surface area contributed by atoms with Crippen molar-refractivity contribution in [2.24, 2.45) is 5.10 Å². The molecule has 23 heavy (non-hydrogen) atoms. The van der Waals surface area contributed by atoms with Crippen LogP contribution in [-0.2, 0) is 0 Å². The molecule has 6 heteroatoms. The average Bonchev–Trinajstić information content (AvgIpc) is 2.98. The zero-order valence-electron chi connectivity index (χ0n) is 12.1. The smallest absolute Gasteiger partial charge is 0.257 e. The third kappa shape index (κ3) is 2.57. The lowest BCUT2D eigenvalue weighted by atomic mass is 10.2. The van der Waals surface area contributed by atoms with E-state index in [1.165, 1.54) is 6.21 Å². The highest BCUT2D eigenvalue weighted by atomic mass is 16.1. The van der Waals surface area contributed by atoms with E-state index in [0.717, 1.165) is 21.9 Å². The Labute approximate surface area is 130 Å². The van der Waals surface area contributed by atoms with Gasteiger partial charge in [0.2, 0.25) is 5.95 Å². The molecule has 112 valence electrons. The summed E-state index contributed by atoms with van der Waals surface area (Å²) in [6, 6.07) is 17.1. The molecule has 0 amide bonds. The maximum absolute atomic E-state index is 12.0. The van der Waals surface area contributed by atoms with Crippen molar-refractivity contribution < 1.29 is 0 Å². The zero-order valence-corrected chi connectivity index (χ0v) is 12.1. The van der Waals surface area contributed by atoms with Gasteiger partial charge in [-0.3, -0.25) is 4.79 Å². The molecular formula is C17H13N5O. The van der Waals surface area contributed by atoms with E-state index in [1.54, 1.807) is 6.07 Å². The van der Waals surface area contributed by atoms with Gasteiger partial charge in [-0.2, -0.15) is 5.10 Å². The first-order valence-electron chi connectivity index (χ1n) is 7.15. The maximum atomic E-state index is 12.0. The van der Waals surface area contributed by atoms with E-state index in [1.807, 2.05) is 48.5 Å². The molecule has 0 aliphatic heterocycles. The van der Waals surface area contributed by atoms with Gasteiger partial charge in [-0.1, -0.05) is 30.3 Å². The highest BCUT2D eigenvalue weighted by Gasteiger charge is 2.01. The van der Waals surface area contributed by atoms with Crippen LogP contribution in [0.25, 0.3) is 21.9 Å². The van der Waals surface area contributed by atoms with E-state index < -0.39 is 0 Å². The molecule has 0 radical (unpaired) electrons. The van der Waals surface area contributed by atoms with E-state index in [4.69, 9.17) is 0 Å². The first-order valence-corrected chi connectivity index (χ1v) is 7.15. The molecule has 4 rings (SSSR count). The van der Waals surface area contributed by atoms with Gasteiger partial charge in [0.15, 0.2) is 0 Å². The van der Waals surface area contributed by atoms with Gasteiger partial charge in [0.25, 0.3) is 5.56 Å². The summed E-state index contributed by atoms with van der Waals surface area (Å²) in [6.07, 6.45) is 1.48. The number of fused-ring (bicyclic) bond motifs is 2. The molecule has 3 N–H and O–H groups in total. The molecule has 2 heterocycles. The number of aromatic amines is 2. The summed E-state index contributed by atoms with van der Waals surface area (Å²) in [5.74, 6) is 0.527. The highest BCUT2D eigenvalue weighted by molar-refractivity contribution is 5.87. The fourth-order valence-electron chi connectivity index (χ4n) is 2.43. The van der Waals surface area contributed by atoms with Gasteiger partial charge in [-0.25, -0.2) is 10.4 Å². The number of para-hydroxylation sites is 3. The van der Waals surface area contributed by atoms with Crippen molar-refractivity contribution in [1.29, 1.82) is 0 Å². The molecular weight excluding hydrogens is 290 g/mol. The molecule has 4 aromatic rings. The molecule has 0 bridgehead atoms. The number of hydrazone groups is 1. The van der Waals surface area contributed by atoms with Crippen molar-refractivity contribution in [3.05, 3.63) is 70.5 Å². The fraction of sp³-hybridized carbons (Fsp3) is 0. The second-order valence-electron chi connectivity index (χ2n) is 5.11. The van der Waals surface area contributed by atoms with Crippen molar-refractivity contribution in [3.63, 3.8) is 0 Å². The van der Waals surface area contributed by atoms with Gasteiger partial charge in [-0.15, -0.1) is 0 Å². The van der Waals surface area contributed by atoms with Gasteiger partial charge < -0.3 is 9.97 Å². The number of benzene rings is 2. The predicted octanol–water partition coefficient (Wildman–Crippen LogP) is 2.85. The van der Waals surface area contributed by atoms with E-state index in [0.29, 0.717) is 11.5 Å². The minimum Gasteiger partial charge on any atom is -0.323 e. The summed E-state index contributed by atoms with van der Waals surface area (Å²) in [6.45, 7) is 0. The lowest BCUT2D eigenvalue weighted by molar-refractivity contribution is 1.21. The normalized spacial score (nSPS) is 11.5. The Morgan fingerprint density at radius 2 is 1.78 bits per heavy atom. The maximum Gasteiger partial charge on any atom is 0.257 e. The van der Waals surface area contributed by atoms with E-state index in [2.05, 4.69) is 25.5 Å². The molecule has 0 aliphatic rings. The minimum absolute atomic E-state index is 0.182. The summed E-state index contributed by atoms with van der Waals surface area (Å²) < 4.78 is 0. The first kappa shape index (κ1) is 13.3. The molecule has 0 aliphatic carbocycles. The van der Waals surface area contributed by atoms with Crippen molar-refractivity contribution in [2.75, 3.05) is 5.43 Å². The van der Waals surface area contributed by atoms with Crippen LogP contribution in [0.4, 0.5) is 5.95 Å². The van der Waals surface area contributed by atoms with Crippen molar-refractivity contribution in [2.45, 2.75) is 0 Å². The van der Waals surface area contributed by atoms with Crippen LogP contribution in [0.5, 0.6) is 0 Å². The molecule has 2 aromatic carbocycles. The van der Waals surface area contributed by atoms with Gasteiger partial charge in [0.05, 0.1) is 22.8 Å². The zero-order chi connectivity index (χ0) is 15.6. The van der Waals surface area contributed by atoms with E-state index >= 15 is 0 Å². The van der Waals surface area contributed by atoms with Crippen LogP contribution < -0.4 is 11.0 Å². The Hall–Kier alpha value is -3.41. The van der Waals surface area contributed by atoms with Gasteiger partial charge in [0.1, 0.15) is 0 Å². The number of pyridine rings is 1. The van der Waals surface area contributed by atoms with Gasteiger partial charge in [0, 0.05) is 5.52 Å². The van der Waals surface area contributed by atoms with Gasteiger partial charge >= 0.3 is 0 Å². The van der Waals surface area contributed by atoms with Gasteiger partial charge in [-0.05, 0) is 29.7 Å². The Bertz CT molecular complexity index is 1040. The Morgan fingerprint density at radius 3 is 2.65 bits per heavy atom. The number of nitrogens with one attached hydrogen (secondary N) is 3. The molecule has 6 nitrogen and oxygen atoms in total. The Morgan fingerprint density at radius 1 is 1.00 bits per heavy atom. The van der Waals surface area contributed by atoms with Crippen molar-refractivity contribution in [1.82, 2.24) is 15.0 Å². The van der Waals surface area contributed by atoms with Crippen molar-refractivity contribution in [3.8, 4) is 0 Å². The molecule has 0 unspecified atom stereocenters. The summed E-state index contributed by atoms with van der Waals surface area (Å²) in [4.78, 5) is 22.3. The quantitative estimate of drug-likeness (QED) is 0.402. The topological polar surface area (TPSA) is 85.9 Å². The highest BCUT2D eigenvalue weighted by Crippen LogP contribution is 2.13. The third-order valence-corrected chi connectivity index (χ3v) is 3.55. The number of hydrogen-bond acceptors (Lipinski definition) is 4. The second kappa shape index (κ2) is 5.42. The standard InChI is InChI=1S/C17H13N5O/c23-16-12(9-11-5-1-2-6-13(11)19-16)10-18-22-17-20-14-7-3-4-8-15(14)21-17/h1-10H,(H,19,23)(H2,20,21,22)/b18-10+. The summed E-state index contributed by atoms with van der Waals surface area (Å²) in [7, 11) is 0. The third-order valence-electron chi connectivity index (χ3n) is 3.55. The minimum atomic E-state index is -0.182. The molecule has 2 aromatic heterocycles. The largest absolute Gasteiger partial charge is 0.323 e.